The van der Waals surface area contributed by atoms with Crippen LogP contribution in [0.3, 0.4) is 0 Å². The largest absolute Gasteiger partial charge is 0.380 e. The maximum Gasteiger partial charge on any atom is 0.255 e. The summed E-state index contributed by atoms with van der Waals surface area (Å²) in [5, 5.41) is 0. The molecule has 0 N–H and O–H groups in total. The van der Waals surface area contributed by atoms with Gasteiger partial charge in [-0.1, -0.05) is 18.2 Å². The maximum atomic E-state index is 11.6. The Morgan fingerprint density at radius 2 is 1.88 bits per heavy atom. The normalized spacial score (nSPS) is 10.3. The van der Waals surface area contributed by atoms with E-state index < -0.39 is 0 Å². The van der Waals surface area contributed by atoms with Crippen molar-refractivity contribution in [2.45, 2.75) is 6.61 Å². The van der Waals surface area contributed by atoms with Crippen molar-refractivity contribution in [3.8, 4) is 5.69 Å². The molecule has 0 aliphatic carbocycles. The molecule has 0 radical (unpaired) electrons. The van der Waals surface area contributed by atoms with E-state index in [0.29, 0.717) is 6.61 Å². The van der Waals surface area contributed by atoms with E-state index in [1.54, 1.807) is 30.0 Å². The minimum atomic E-state index is -0.0259. The van der Waals surface area contributed by atoms with E-state index in [1.165, 1.54) is 0 Å². The van der Waals surface area contributed by atoms with Crippen LogP contribution in [0.15, 0.2) is 53.5 Å². The van der Waals surface area contributed by atoms with Crippen LogP contribution in [0, 0.1) is 0 Å². The molecule has 0 bridgehead atoms. The van der Waals surface area contributed by atoms with Crippen LogP contribution in [0.4, 0.5) is 0 Å². The Morgan fingerprint density at radius 3 is 2.50 bits per heavy atom. The third kappa shape index (κ3) is 2.20. The number of nitrogens with zero attached hydrogens (tertiary/aromatic N) is 1. The lowest BCUT2D eigenvalue weighted by Gasteiger charge is -2.05. The Balaban J connectivity index is 2.35. The first kappa shape index (κ1) is 10.6. The molecular formula is C13H13NO2. The smallest absolute Gasteiger partial charge is 0.255 e. The number of methoxy groups -OCH3 is 1. The highest BCUT2D eigenvalue weighted by molar-refractivity contribution is 5.34. The zero-order valence-electron chi connectivity index (χ0n) is 9.09. The summed E-state index contributed by atoms with van der Waals surface area (Å²) in [6.07, 6.45) is 1.76. The van der Waals surface area contributed by atoms with Crippen LogP contribution >= 0.6 is 0 Å². The van der Waals surface area contributed by atoms with Crippen LogP contribution in [0.5, 0.6) is 0 Å². The first-order valence-corrected chi connectivity index (χ1v) is 5.07. The first-order valence-electron chi connectivity index (χ1n) is 5.07. The summed E-state index contributed by atoms with van der Waals surface area (Å²) in [5.74, 6) is 0. The molecule has 0 atom stereocenters. The van der Waals surface area contributed by atoms with Crippen molar-refractivity contribution in [1.82, 2.24) is 4.57 Å². The molecule has 0 fully saturated rings. The van der Waals surface area contributed by atoms with E-state index in [1.807, 2.05) is 30.3 Å². The first-order chi connectivity index (χ1) is 7.81. The highest BCUT2D eigenvalue weighted by atomic mass is 16.5. The van der Waals surface area contributed by atoms with E-state index in [9.17, 15) is 4.79 Å². The molecule has 1 aromatic carbocycles. The van der Waals surface area contributed by atoms with Crippen LogP contribution in [-0.4, -0.2) is 11.7 Å². The molecule has 3 nitrogen and oxygen atoms in total. The molecule has 0 amide bonds. The van der Waals surface area contributed by atoms with Crippen LogP contribution < -0.4 is 5.56 Å². The highest BCUT2D eigenvalue weighted by Crippen LogP contribution is 2.08. The second kappa shape index (κ2) is 4.77. The van der Waals surface area contributed by atoms with Gasteiger partial charge in [0.25, 0.3) is 5.56 Å². The van der Waals surface area contributed by atoms with Crippen molar-refractivity contribution in [2.75, 3.05) is 7.11 Å². The number of pyridine rings is 1. The molecule has 0 aliphatic heterocycles. The molecule has 1 aromatic heterocycles. The topological polar surface area (TPSA) is 31.2 Å². The Bertz CT molecular complexity index is 514. The predicted octanol–water partition coefficient (Wildman–Crippen LogP) is 1.98. The van der Waals surface area contributed by atoms with Gasteiger partial charge in [-0.2, -0.15) is 0 Å². The lowest BCUT2D eigenvalue weighted by molar-refractivity contribution is 0.185. The van der Waals surface area contributed by atoms with E-state index in [0.717, 1.165) is 11.3 Å². The fourth-order valence-corrected chi connectivity index (χ4v) is 1.56. The van der Waals surface area contributed by atoms with Crippen molar-refractivity contribution < 1.29 is 4.74 Å². The van der Waals surface area contributed by atoms with Crippen molar-refractivity contribution in [1.29, 1.82) is 0 Å². The van der Waals surface area contributed by atoms with Gasteiger partial charge in [0.15, 0.2) is 0 Å². The minimum Gasteiger partial charge on any atom is -0.380 e. The zero-order valence-corrected chi connectivity index (χ0v) is 9.09. The Labute approximate surface area is 93.9 Å². The SMILES string of the molecule is COCc1ccc(-n2ccccc2=O)cc1. The predicted molar refractivity (Wildman–Crippen MR) is 62.8 cm³/mol. The number of benzene rings is 1. The summed E-state index contributed by atoms with van der Waals surface area (Å²) >= 11 is 0. The van der Waals surface area contributed by atoms with Gasteiger partial charge in [-0.25, -0.2) is 0 Å². The highest BCUT2D eigenvalue weighted by Gasteiger charge is 1.98. The van der Waals surface area contributed by atoms with Gasteiger partial charge in [0.05, 0.1) is 6.61 Å². The minimum absolute atomic E-state index is 0.0259. The Kier molecular flexibility index (Phi) is 3.17. The molecule has 0 unspecified atom stereocenters. The molecule has 16 heavy (non-hydrogen) atoms. The molecule has 0 aliphatic rings. The van der Waals surface area contributed by atoms with Crippen LogP contribution in [0.2, 0.25) is 0 Å². The molecule has 2 rings (SSSR count). The standard InChI is InChI=1S/C13H13NO2/c1-16-10-11-5-7-12(8-6-11)14-9-3-2-4-13(14)15/h2-9H,10H2,1H3. The molecule has 82 valence electrons. The monoisotopic (exact) mass is 215 g/mol. The summed E-state index contributed by atoms with van der Waals surface area (Å²) in [5.41, 5.74) is 1.93. The maximum absolute atomic E-state index is 11.6. The second-order valence-electron chi connectivity index (χ2n) is 3.51. The van der Waals surface area contributed by atoms with Gasteiger partial charge in [0, 0.05) is 25.1 Å². The average Bonchev–Trinajstić information content (AvgIpc) is 2.31. The van der Waals surface area contributed by atoms with Crippen molar-refractivity contribution >= 4 is 0 Å². The van der Waals surface area contributed by atoms with Crippen LogP contribution in [0.25, 0.3) is 5.69 Å². The Hall–Kier alpha value is -1.87. The third-order valence-corrected chi connectivity index (χ3v) is 2.35. The molecule has 0 saturated carbocycles. The second-order valence-corrected chi connectivity index (χ2v) is 3.51. The zero-order chi connectivity index (χ0) is 11.4. The summed E-state index contributed by atoms with van der Waals surface area (Å²) in [6, 6.07) is 12.9. The summed E-state index contributed by atoms with van der Waals surface area (Å²) in [4.78, 5) is 11.6. The number of rotatable bonds is 3. The van der Waals surface area contributed by atoms with Crippen molar-refractivity contribution in [3.63, 3.8) is 0 Å². The lowest BCUT2D eigenvalue weighted by Crippen LogP contribution is -2.15. The number of aromatic nitrogens is 1. The van der Waals surface area contributed by atoms with Crippen LogP contribution in [0.1, 0.15) is 5.56 Å². The van der Waals surface area contributed by atoms with E-state index >= 15 is 0 Å². The van der Waals surface area contributed by atoms with Gasteiger partial charge >= 0.3 is 0 Å². The summed E-state index contributed by atoms with van der Waals surface area (Å²) < 4.78 is 6.64. The molecule has 1 heterocycles. The number of ether oxygens (including phenoxy) is 1. The van der Waals surface area contributed by atoms with Gasteiger partial charge in [0.1, 0.15) is 0 Å². The van der Waals surface area contributed by atoms with E-state index in [2.05, 4.69) is 0 Å². The molecule has 0 spiro atoms. The fourth-order valence-electron chi connectivity index (χ4n) is 1.56. The third-order valence-electron chi connectivity index (χ3n) is 2.35. The van der Waals surface area contributed by atoms with Gasteiger partial charge < -0.3 is 4.74 Å². The lowest BCUT2D eigenvalue weighted by atomic mass is 10.2. The average molecular weight is 215 g/mol. The van der Waals surface area contributed by atoms with Crippen molar-refractivity contribution in [3.05, 3.63) is 64.6 Å². The summed E-state index contributed by atoms with van der Waals surface area (Å²) in [6.45, 7) is 0.587. The fraction of sp³-hybridized carbons (Fsp3) is 0.154. The summed E-state index contributed by atoms with van der Waals surface area (Å²) in [7, 11) is 1.66. The van der Waals surface area contributed by atoms with E-state index in [-0.39, 0.29) is 5.56 Å². The molecular weight excluding hydrogens is 202 g/mol. The molecule has 2 aromatic rings. The van der Waals surface area contributed by atoms with Crippen molar-refractivity contribution in [2.24, 2.45) is 0 Å². The molecule has 3 heteroatoms. The van der Waals surface area contributed by atoms with Crippen LogP contribution in [-0.2, 0) is 11.3 Å². The quantitative estimate of drug-likeness (QED) is 0.784. The molecule has 0 saturated heterocycles. The number of hydrogen-bond acceptors (Lipinski definition) is 2. The van der Waals surface area contributed by atoms with E-state index in [4.69, 9.17) is 4.74 Å². The van der Waals surface area contributed by atoms with Gasteiger partial charge in [-0.15, -0.1) is 0 Å². The van der Waals surface area contributed by atoms with Gasteiger partial charge in [-0.05, 0) is 23.8 Å². The number of hydrogen-bond donors (Lipinski definition) is 0. The van der Waals surface area contributed by atoms with Gasteiger partial charge in [0.2, 0.25) is 0 Å². The Morgan fingerprint density at radius 1 is 1.12 bits per heavy atom. The van der Waals surface area contributed by atoms with Gasteiger partial charge in [-0.3, -0.25) is 9.36 Å².